The largest absolute Gasteiger partial charge is 0.489 e. The van der Waals surface area contributed by atoms with Gasteiger partial charge in [0.25, 0.3) is 0 Å². The summed E-state index contributed by atoms with van der Waals surface area (Å²) in [7, 11) is 0. The van der Waals surface area contributed by atoms with Crippen LogP contribution in [-0.4, -0.2) is 11.1 Å². The number of ether oxygens (including phenoxy) is 1. The van der Waals surface area contributed by atoms with Gasteiger partial charge in [-0.2, -0.15) is 0 Å². The molecule has 0 saturated heterocycles. The van der Waals surface area contributed by atoms with Crippen LogP contribution in [0.1, 0.15) is 11.1 Å². The van der Waals surface area contributed by atoms with Crippen molar-refractivity contribution in [3.05, 3.63) is 72.3 Å². The van der Waals surface area contributed by atoms with Gasteiger partial charge >= 0.3 is 5.97 Å². The van der Waals surface area contributed by atoms with Crippen molar-refractivity contribution in [1.82, 2.24) is 0 Å². The van der Waals surface area contributed by atoms with Gasteiger partial charge in [-0.05, 0) is 23.3 Å². The summed E-state index contributed by atoms with van der Waals surface area (Å²) >= 11 is 0. The van der Waals surface area contributed by atoms with Crippen LogP contribution in [0.5, 0.6) is 5.75 Å². The minimum Gasteiger partial charge on any atom is -0.489 e. The number of hydrogen-bond acceptors (Lipinski definition) is 2. The average Bonchev–Trinajstić information content (AvgIpc) is 2.46. The molecule has 0 radical (unpaired) electrons. The third kappa shape index (κ3) is 3.45. The van der Waals surface area contributed by atoms with Gasteiger partial charge in [0, 0.05) is 0 Å². The Hall–Kier alpha value is -2.55. The quantitative estimate of drug-likeness (QED) is 0.832. The molecule has 0 unspecified atom stereocenters. The molecular formula is C16H14O3. The van der Waals surface area contributed by atoms with Gasteiger partial charge in [0.2, 0.25) is 0 Å². The molecule has 0 saturated carbocycles. The van der Waals surface area contributed by atoms with Crippen LogP contribution >= 0.6 is 0 Å². The molecule has 3 heteroatoms. The van der Waals surface area contributed by atoms with Crippen molar-refractivity contribution in [2.45, 2.75) is 6.61 Å². The van der Waals surface area contributed by atoms with Crippen LogP contribution in [0.4, 0.5) is 0 Å². The molecule has 19 heavy (non-hydrogen) atoms. The lowest BCUT2D eigenvalue weighted by Gasteiger charge is -2.07. The van der Waals surface area contributed by atoms with Crippen LogP contribution in [0.2, 0.25) is 0 Å². The predicted molar refractivity (Wildman–Crippen MR) is 73.9 cm³/mol. The summed E-state index contributed by atoms with van der Waals surface area (Å²) in [4.78, 5) is 10.8. The first-order valence-corrected chi connectivity index (χ1v) is 5.86. The van der Waals surface area contributed by atoms with Gasteiger partial charge in [-0.25, -0.2) is 4.79 Å². The standard InChI is InChI=1S/C16H14O3/c1-12(16(17)18)14-7-9-15(10-8-14)19-11-13-5-3-2-4-6-13/h2-10H,1,11H2,(H,17,18). The lowest BCUT2D eigenvalue weighted by molar-refractivity contribution is -0.130. The monoisotopic (exact) mass is 254 g/mol. The molecular weight excluding hydrogens is 240 g/mol. The molecule has 96 valence electrons. The first kappa shape index (κ1) is 12.9. The normalized spacial score (nSPS) is 9.89. The topological polar surface area (TPSA) is 46.5 Å². The summed E-state index contributed by atoms with van der Waals surface area (Å²) < 4.78 is 5.61. The lowest BCUT2D eigenvalue weighted by Crippen LogP contribution is -1.98. The second-order valence-corrected chi connectivity index (χ2v) is 4.08. The molecule has 2 rings (SSSR count). The van der Waals surface area contributed by atoms with Crippen LogP contribution in [0.15, 0.2) is 61.2 Å². The Morgan fingerprint density at radius 3 is 2.26 bits per heavy atom. The fourth-order valence-corrected chi connectivity index (χ4v) is 1.62. The van der Waals surface area contributed by atoms with E-state index in [-0.39, 0.29) is 5.57 Å². The number of rotatable bonds is 5. The Morgan fingerprint density at radius 2 is 1.68 bits per heavy atom. The van der Waals surface area contributed by atoms with Crippen LogP contribution < -0.4 is 4.74 Å². The van der Waals surface area contributed by atoms with E-state index >= 15 is 0 Å². The van der Waals surface area contributed by atoms with Crippen molar-refractivity contribution in [3.63, 3.8) is 0 Å². The lowest BCUT2D eigenvalue weighted by atomic mass is 10.1. The minimum atomic E-state index is -1.02. The van der Waals surface area contributed by atoms with Gasteiger partial charge in [-0.1, -0.05) is 49.0 Å². The molecule has 0 spiro atoms. The maximum absolute atomic E-state index is 10.8. The fourth-order valence-electron chi connectivity index (χ4n) is 1.62. The Bertz CT molecular complexity index is 571. The third-order valence-electron chi connectivity index (χ3n) is 2.71. The van der Waals surface area contributed by atoms with Gasteiger partial charge in [0.05, 0.1) is 5.57 Å². The van der Waals surface area contributed by atoms with Crippen molar-refractivity contribution in [2.75, 3.05) is 0 Å². The molecule has 1 N–H and O–H groups in total. The Morgan fingerprint density at radius 1 is 1.05 bits per heavy atom. The molecule has 0 aromatic heterocycles. The van der Waals surface area contributed by atoms with Gasteiger partial charge in [0.1, 0.15) is 12.4 Å². The van der Waals surface area contributed by atoms with Gasteiger partial charge in [-0.3, -0.25) is 0 Å². The second-order valence-electron chi connectivity index (χ2n) is 4.08. The summed E-state index contributed by atoms with van der Waals surface area (Å²) in [6.07, 6.45) is 0. The first-order valence-electron chi connectivity index (χ1n) is 5.86. The van der Waals surface area contributed by atoms with Crippen LogP contribution in [0.3, 0.4) is 0 Å². The van der Waals surface area contributed by atoms with E-state index in [1.165, 1.54) is 0 Å². The molecule has 0 heterocycles. The van der Waals surface area contributed by atoms with Crippen molar-refractivity contribution in [3.8, 4) is 5.75 Å². The molecule has 0 amide bonds. The maximum Gasteiger partial charge on any atom is 0.335 e. The summed E-state index contributed by atoms with van der Waals surface area (Å²) in [6, 6.07) is 16.7. The minimum absolute atomic E-state index is 0.0783. The molecule has 2 aromatic rings. The Balaban J connectivity index is 1.99. The van der Waals surface area contributed by atoms with E-state index in [0.717, 1.165) is 5.56 Å². The summed E-state index contributed by atoms with van der Waals surface area (Å²) in [5, 5.41) is 8.83. The third-order valence-corrected chi connectivity index (χ3v) is 2.71. The SMILES string of the molecule is C=C(C(=O)O)c1ccc(OCc2ccccc2)cc1. The zero-order valence-corrected chi connectivity index (χ0v) is 10.4. The molecule has 0 aliphatic carbocycles. The molecule has 0 atom stereocenters. The van der Waals surface area contributed by atoms with Gasteiger partial charge < -0.3 is 9.84 Å². The zero-order chi connectivity index (χ0) is 13.7. The van der Waals surface area contributed by atoms with Crippen LogP contribution in [0, 0.1) is 0 Å². The van der Waals surface area contributed by atoms with E-state index < -0.39 is 5.97 Å². The number of carboxylic acids is 1. The van der Waals surface area contributed by atoms with E-state index in [1.54, 1.807) is 24.3 Å². The van der Waals surface area contributed by atoms with Crippen molar-refractivity contribution >= 4 is 11.5 Å². The first-order chi connectivity index (χ1) is 9.16. The smallest absolute Gasteiger partial charge is 0.335 e. The van der Waals surface area contributed by atoms with E-state index in [4.69, 9.17) is 9.84 Å². The Kier molecular flexibility index (Phi) is 3.98. The highest BCUT2D eigenvalue weighted by atomic mass is 16.5. The highest BCUT2D eigenvalue weighted by Gasteiger charge is 2.06. The maximum atomic E-state index is 10.8. The Labute approximate surface area is 111 Å². The van der Waals surface area contributed by atoms with E-state index in [2.05, 4.69) is 6.58 Å². The highest BCUT2D eigenvalue weighted by Crippen LogP contribution is 2.18. The van der Waals surface area contributed by atoms with E-state index in [0.29, 0.717) is 17.9 Å². The van der Waals surface area contributed by atoms with Gasteiger partial charge in [0.15, 0.2) is 0 Å². The molecule has 0 bridgehead atoms. The fraction of sp³-hybridized carbons (Fsp3) is 0.0625. The molecule has 3 nitrogen and oxygen atoms in total. The van der Waals surface area contributed by atoms with E-state index in [9.17, 15) is 4.79 Å². The van der Waals surface area contributed by atoms with Crippen molar-refractivity contribution in [1.29, 1.82) is 0 Å². The molecule has 0 fully saturated rings. The van der Waals surface area contributed by atoms with Gasteiger partial charge in [-0.15, -0.1) is 0 Å². The molecule has 2 aromatic carbocycles. The zero-order valence-electron chi connectivity index (χ0n) is 10.4. The number of carbonyl (C=O) groups is 1. The molecule has 0 aliphatic rings. The molecule has 0 aliphatic heterocycles. The highest BCUT2D eigenvalue weighted by molar-refractivity contribution is 6.14. The second kappa shape index (κ2) is 5.87. The summed E-state index contributed by atoms with van der Waals surface area (Å²) in [5.41, 5.74) is 1.75. The number of aliphatic carboxylic acids is 1. The van der Waals surface area contributed by atoms with E-state index in [1.807, 2.05) is 30.3 Å². The predicted octanol–water partition coefficient (Wildman–Crippen LogP) is 3.36. The number of hydrogen-bond donors (Lipinski definition) is 1. The number of benzene rings is 2. The van der Waals surface area contributed by atoms with Crippen LogP contribution in [0.25, 0.3) is 5.57 Å². The van der Waals surface area contributed by atoms with Crippen molar-refractivity contribution < 1.29 is 14.6 Å². The summed E-state index contributed by atoms with van der Waals surface area (Å²) in [5.74, 6) is -0.316. The summed E-state index contributed by atoms with van der Waals surface area (Å²) in [6.45, 7) is 3.99. The van der Waals surface area contributed by atoms with Crippen LogP contribution in [-0.2, 0) is 11.4 Å². The number of carboxylic acid groups (broad SMARTS) is 1. The average molecular weight is 254 g/mol. The van der Waals surface area contributed by atoms with Crippen molar-refractivity contribution in [2.24, 2.45) is 0 Å².